The van der Waals surface area contributed by atoms with Gasteiger partial charge in [-0.25, -0.2) is 0 Å². The monoisotopic (exact) mass is 225 g/mol. The fourth-order valence-electron chi connectivity index (χ4n) is 1.03. The molecule has 0 bridgehead atoms. The number of pyridine rings is 1. The molecule has 0 aliphatic rings. The molecule has 0 saturated heterocycles. The second kappa shape index (κ2) is 5.35. The highest BCUT2D eigenvalue weighted by Gasteiger charge is 2.11. The molecule has 1 heterocycles. The van der Waals surface area contributed by atoms with Gasteiger partial charge in [0.1, 0.15) is 5.69 Å². The Bertz CT molecular complexity index is 381. The summed E-state index contributed by atoms with van der Waals surface area (Å²) in [5, 5.41) is 2.01. The van der Waals surface area contributed by atoms with Crippen LogP contribution in [-0.2, 0) is 5.75 Å². The Balaban J connectivity index is 2.86. The van der Waals surface area contributed by atoms with E-state index in [9.17, 15) is 9.59 Å². The molecule has 1 aromatic heterocycles. The van der Waals surface area contributed by atoms with Gasteiger partial charge >= 0.3 is 0 Å². The first-order chi connectivity index (χ1) is 7.15. The summed E-state index contributed by atoms with van der Waals surface area (Å²) in [7, 11) is 1.53. The number of nitrogens with two attached hydrogens (primary N) is 1. The third-order valence-corrected chi connectivity index (χ3v) is 2.44. The lowest BCUT2D eigenvalue weighted by Crippen LogP contribution is -2.21. The van der Waals surface area contributed by atoms with Gasteiger partial charge in [-0.2, -0.15) is 0 Å². The molecule has 0 radical (unpaired) electrons. The second-order valence-corrected chi connectivity index (χ2v) is 3.68. The van der Waals surface area contributed by atoms with Gasteiger partial charge in [0.2, 0.25) is 0 Å². The van der Waals surface area contributed by atoms with Gasteiger partial charge < -0.3 is 11.1 Å². The van der Waals surface area contributed by atoms with E-state index < -0.39 is 5.24 Å². The molecular weight excluding hydrogens is 214 g/mol. The van der Waals surface area contributed by atoms with Crippen molar-refractivity contribution in [3.05, 3.63) is 29.6 Å². The van der Waals surface area contributed by atoms with Crippen LogP contribution < -0.4 is 11.1 Å². The lowest BCUT2D eigenvalue weighted by molar-refractivity contribution is 0.0957. The molecule has 0 aliphatic heterocycles. The number of nitrogens with zero attached hydrogens (tertiary/aromatic N) is 1. The molecule has 6 heteroatoms. The van der Waals surface area contributed by atoms with Crippen molar-refractivity contribution in [1.82, 2.24) is 10.3 Å². The summed E-state index contributed by atoms with van der Waals surface area (Å²) < 4.78 is 0. The third kappa shape index (κ3) is 3.25. The maximum atomic E-state index is 11.4. The van der Waals surface area contributed by atoms with Gasteiger partial charge in [0.05, 0.1) is 0 Å². The highest BCUT2D eigenvalue weighted by molar-refractivity contribution is 8.12. The number of hydrogen-bond donors (Lipinski definition) is 2. The molecule has 1 aromatic rings. The van der Waals surface area contributed by atoms with Gasteiger partial charge in [-0.3, -0.25) is 14.6 Å². The van der Waals surface area contributed by atoms with Gasteiger partial charge in [0, 0.05) is 19.0 Å². The van der Waals surface area contributed by atoms with Crippen molar-refractivity contribution in [2.24, 2.45) is 5.73 Å². The molecule has 0 unspecified atom stereocenters. The number of rotatable bonds is 3. The predicted octanol–water partition coefficient (Wildman–Crippen LogP) is 0.753. The van der Waals surface area contributed by atoms with Crippen molar-refractivity contribution in [3.8, 4) is 0 Å². The van der Waals surface area contributed by atoms with E-state index >= 15 is 0 Å². The summed E-state index contributed by atoms with van der Waals surface area (Å²) in [4.78, 5) is 25.9. The Labute approximate surface area is 91.4 Å². The van der Waals surface area contributed by atoms with Crippen molar-refractivity contribution >= 4 is 22.9 Å². The fraction of sp³-hybridized carbons (Fsp3) is 0.222. The highest BCUT2D eigenvalue weighted by Crippen LogP contribution is 2.14. The van der Waals surface area contributed by atoms with Crippen LogP contribution in [0.25, 0.3) is 0 Å². The Morgan fingerprint density at radius 2 is 2.33 bits per heavy atom. The van der Waals surface area contributed by atoms with Crippen LogP contribution in [0.3, 0.4) is 0 Å². The maximum absolute atomic E-state index is 11.4. The predicted molar refractivity (Wildman–Crippen MR) is 58.5 cm³/mol. The largest absolute Gasteiger partial charge is 0.361 e. The smallest absolute Gasteiger partial charge is 0.276 e. The minimum absolute atomic E-state index is 0.268. The SMILES string of the molecule is CNC(=O)c1ncccc1CSC(N)=O. The van der Waals surface area contributed by atoms with Crippen molar-refractivity contribution in [1.29, 1.82) is 0 Å². The van der Waals surface area contributed by atoms with E-state index in [2.05, 4.69) is 10.3 Å². The molecule has 0 spiro atoms. The van der Waals surface area contributed by atoms with E-state index in [1.54, 1.807) is 12.1 Å². The van der Waals surface area contributed by atoms with Crippen LogP contribution in [0.1, 0.15) is 16.1 Å². The van der Waals surface area contributed by atoms with Crippen LogP contribution in [0.5, 0.6) is 0 Å². The first kappa shape index (κ1) is 11.5. The van der Waals surface area contributed by atoms with Crippen LogP contribution in [0.15, 0.2) is 18.3 Å². The quantitative estimate of drug-likeness (QED) is 0.795. The molecule has 5 nitrogen and oxygen atoms in total. The summed E-state index contributed by atoms with van der Waals surface area (Å²) in [6.07, 6.45) is 1.53. The lowest BCUT2D eigenvalue weighted by atomic mass is 10.2. The molecule has 0 fully saturated rings. The number of primary amides is 1. The van der Waals surface area contributed by atoms with Crippen LogP contribution in [0, 0.1) is 0 Å². The second-order valence-electron chi connectivity index (χ2n) is 2.70. The third-order valence-electron chi connectivity index (χ3n) is 1.70. The molecular formula is C9H11N3O2S. The van der Waals surface area contributed by atoms with Gasteiger partial charge in [0.25, 0.3) is 11.1 Å². The summed E-state index contributed by atoms with van der Waals surface area (Å²) in [6, 6.07) is 3.46. The fourth-order valence-corrected chi connectivity index (χ4v) is 1.56. The van der Waals surface area contributed by atoms with Gasteiger partial charge in [0.15, 0.2) is 0 Å². The highest BCUT2D eigenvalue weighted by atomic mass is 32.2. The van der Waals surface area contributed by atoms with Crippen LogP contribution >= 0.6 is 11.8 Å². The van der Waals surface area contributed by atoms with Gasteiger partial charge in [-0.15, -0.1) is 0 Å². The maximum Gasteiger partial charge on any atom is 0.276 e. The Morgan fingerprint density at radius 3 is 2.93 bits per heavy atom. The molecule has 80 valence electrons. The first-order valence-corrected chi connectivity index (χ1v) is 5.22. The molecule has 0 saturated carbocycles. The van der Waals surface area contributed by atoms with E-state index in [-0.39, 0.29) is 5.91 Å². The summed E-state index contributed by atoms with van der Waals surface area (Å²) in [6.45, 7) is 0. The van der Waals surface area contributed by atoms with E-state index in [1.807, 2.05) is 0 Å². The molecule has 1 rings (SSSR count). The van der Waals surface area contributed by atoms with Gasteiger partial charge in [-0.05, 0) is 11.6 Å². The molecule has 0 atom stereocenters. The average Bonchev–Trinajstić information content (AvgIpc) is 2.25. The zero-order valence-corrected chi connectivity index (χ0v) is 9.00. The Morgan fingerprint density at radius 1 is 1.60 bits per heavy atom. The zero-order valence-electron chi connectivity index (χ0n) is 8.19. The van der Waals surface area contributed by atoms with Gasteiger partial charge in [-0.1, -0.05) is 17.8 Å². The number of aromatic nitrogens is 1. The number of hydrogen-bond acceptors (Lipinski definition) is 4. The molecule has 0 aromatic carbocycles. The zero-order chi connectivity index (χ0) is 11.3. The van der Waals surface area contributed by atoms with Crippen molar-refractivity contribution in [3.63, 3.8) is 0 Å². The van der Waals surface area contributed by atoms with Crippen molar-refractivity contribution in [2.45, 2.75) is 5.75 Å². The van der Waals surface area contributed by atoms with Crippen LogP contribution in [-0.4, -0.2) is 23.2 Å². The van der Waals surface area contributed by atoms with E-state index in [4.69, 9.17) is 5.73 Å². The number of carbonyl (C=O) groups excluding carboxylic acids is 2. The normalized spacial score (nSPS) is 9.67. The number of amides is 2. The standard InChI is InChI=1S/C9H11N3O2S/c1-11-8(13)7-6(3-2-4-12-7)5-15-9(10)14/h2-4H,5H2,1H3,(H2,10,14)(H,11,13). The molecule has 15 heavy (non-hydrogen) atoms. The van der Waals surface area contributed by atoms with E-state index in [0.29, 0.717) is 17.0 Å². The number of thioether (sulfide) groups is 1. The van der Waals surface area contributed by atoms with E-state index in [0.717, 1.165) is 11.8 Å². The van der Waals surface area contributed by atoms with Crippen LogP contribution in [0.2, 0.25) is 0 Å². The molecule has 2 amide bonds. The van der Waals surface area contributed by atoms with Crippen molar-refractivity contribution < 1.29 is 9.59 Å². The number of carbonyl (C=O) groups is 2. The summed E-state index contributed by atoms with van der Waals surface area (Å²) in [5.74, 6) is 0.0852. The van der Waals surface area contributed by atoms with Crippen LogP contribution in [0.4, 0.5) is 4.79 Å². The average molecular weight is 225 g/mol. The van der Waals surface area contributed by atoms with Crippen molar-refractivity contribution in [2.75, 3.05) is 7.05 Å². The first-order valence-electron chi connectivity index (χ1n) is 4.23. The molecule has 0 aliphatic carbocycles. The van der Waals surface area contributed by atoms with E-state index in [1.165, 1.54) is 13.2 Å². The summed E-state index contributed by atoms with van der Waals surface area (Å²) >= 11 is 0.945. The number of nitrogens with one attached hydrogen (secondary N) is 1. The summed E-state index contributed by atoms with van der Waals surface area (Å²) in [5.41, 5.74) is 6.02. The molecule has 3 N–H and O–H groups in total. The minimum Gasteiger partial charge on any atom is -0.361 e. The lowest BCUT2D eigenvalue weighted by Gasteiger charge is -2.05. The Hall–Kier alpha value is -1.56. The minimum atomic E-state index is -0.471. The topological polar surface area (TPSA) is 85.1 Å². The Kier molecular flexibility index (Phi) is 4.11.